The lowest BCUT2D eigenvalue weighted by atomic mass is 10.2. The van der Waals surface area contributed by atoms with Crippen LogP contribution in [0.25, 0.3) is 0 Å². The molecule has 0 bridgehead atoms. The summed E-state index contributed by atoms with van der Waals surface area (Å²) in [4.78, 5) is 12.0. The number of halogens is 1. The first-order valence-corrected chi connectivity index (χ1v) is 7.88. The Hall–Kier alpha value is -2.97. The van der Waals surface area contributed by atoms with E-state index in [-0.39, 0.29) is 12.5 Å². The molecule has 1 amide bonds. The molecule has 25 heavy (non-hydrogen) atoms. The average molecular weight is 357 g/mol. The van der Waals surface area contributed by atoms with Crippen LogP contribution in [0.4, 0.5) is 0 Å². The number of hydrazone groups is 1. The van der Waals surface area contributed by atoms with E-state index in [4.69, 9.17) is 27.5 Å². The molecule has 0 radical (unpaired) electrons. The predicted octanol–water partition coefficient (Wildman–Crippen LogP) is 3.27. The highest BCUT2D eigenvalue weighted by molar-refractivity contribution is 6.30. The number of carbonyl (C=O) groups is 1. The number of nitrogens with zero attached hydrogens (tertiary/aromatic N) is 1. The molecule has 2 aromatic rings. The van der Waals surface area contributed by atoms with Crippen LogP contribution in [0, 0.1) is 12.3 Å². The van der Waals surface area contributed by atoms with Crippen molar-refractivity contribution in [2.24, 2.45) is 5.10 Å². The van der Waals surface area contributed by atoms with Crippen molar-refractivity contribution in [1.29, 1.82) is 0 Å². The molecule has 0 spiro atoms. The van der Waals surface area contributed by atoms with Gasteiger partial charge in [0.25, 0.3) is 5.91 Å². The standard InChI is InChI=1S/C19H17ClN2O3/c1-3-12-24-18-7-5-4-6-15(18)13-21-22-19(23)14(2)25-17-10-8-16(20)9-11-17/h1,4-11,13-14H,12H2,2H3,(H,22,23)/b21-13+. The topological polar surface area (TPSA) is 59.9 Å². The molecule has 2 rings (SSSR count). The maximum absolute atomic E-state index is 12.0. The van der Waals surface area contributed by atoms with Crippen LogP contribution in [0.2, 0.25) is 5.02 Å². The van der Waals surface area contributed by atoms with Crippen LogP contribution >= 0.6 is 11.6 Å². The van der Waals surface area contributed by atoms with Gasteiger partial charge in [-0.05, 0) is 43.3 Å². The Bertz CT molecular complexity index is 782. The molecule has 5 nitrogen and oxygen atoms in total. The molecule has 2 aromatic carbocycles. The van der Waals surface area contributed by atoms with Gasteiger partial charge in [0.05, 0.1) is 6.21 Å². The molecule has 1 N–H and O–H groups in total. The molecular weight excluding hydrogens is 340 g/mol. The summed E-state index contributed by atoms with van der Waals surface area (Å²) in [6, 6.07) is 14.0. The van der Waals surface area contributed by atoms with Crippen molar-refractivity contribution in [3.8, 4) is 23.8 Å². The van der Waals surface area contributed by atoms with Crippen molar-refractivity contribution in [2.75, 3.05) is 6.61 Å². The van der Waals surface area contributed by atoms with E-state index in [1.54, 1.807) is 43.3 Å². The van der Waals surface area contributed by atoms with Crippen LogP contribution in [0.15, 0.2) is 53.6 Å². The van der Waals surface area contributed by atoms with Crippen LogP contribution in [0.1, 0.15) is 12.5 Å². The summed E-state index contributed by atoms with van der Waals surface area (Å²) in [5.74, 6) is 3.15. The second-order valence-electron chi connectivity index (χ2n) is 4.98. The fourth-order valence-electron chi connectivity index (χ4n) is 1.87. The number of nitrogens with one attached hydrogen (secondary N) is 1. The van der Waals surface area contributed by atoms with Gasteiger partial charge in [0, 0.05) is 10.6 Å². The molecule has 0 aliphatic rings. The molecule has 0 fully saturated rings. The molecule has 0 heterocycles. The molecule has 128 valence electrons. The number of amides is 1. The number of ether oxygens (including phenoxy) is 2. The van der Waals surface area contributed by atoms with Crippen molar-refractivity contribution in [1.82, 2.24) is 5.43 Å². The predicted molar refractivity (Wildman–Crippen MR) is 98.0 cm³/mol. The van der Waals surface area contributed by atoms with Crippen LogP contribution in [-0.4, -0.2) is 24.8 Å². The summed E-state index contributed by atoms with van der Waals surface area (Å²) in [6.45, 7) is 1.78. The Morgan fingerprint density at radius 2 is 2.04 bits per heavy atom. The highest BCUT2D eigenvalue weighted by Gasteiger charge is 2.13. The molecule has 0 saturated carbocycles. The van der Waals surface area contributed by atoms with Gasteiger partial charge in [0.2, 0.25) is 0 Å². The van der Waals surface area contributed by atoms with E-state index in [0.29, 0.717) is 22.1 Å². The van der Waals surface area contributed by atoms with Gasteiger partial charge in [0.1, 0.15) is 18.1 Å². The number of rotatable bonds is 7. The molecule has 1 atom stereocenters. The van der Waals surface area contributed by atoms with Crippen molar-refractivity contribution in [3.63, 3.8) is 0 Å². The molecule has 0 aromatic heterocycles. The Morgan fingerprint density at radius 1 is 1.32 bits per heavy atom. The number of benzene rings is 2. The summed E-state index contributed by atoms with van der Waals surface area (Å²) in [5.41, 5.74) is 3.13. The Morgan fingerprint density at radius 3 is 2.76 bits per heavy atom. The number of hydrogen-bond acceptors (Lipinski definition) is 4. The summed E-state index contributed by atoms with van der Waals surface area (Å²) >= 11 is 5.81. The van der Waals surface area contributed by atoms with Crippen LogP contribution < -0.4 is 14.9 Å². The zero-order valence-corrected chi connectivity index (χ0v) is 14.4. The summed E-state index contributed by atoms with van der Waals surface area (Å²) in [5, 5.41) is 4.53. The lowest BCUT2D eigenvalue weighted by molar-refractivity contribution is -0.127. The van der Waals surface area contributed by atoms with Crippen LogP contribution in [-0.2, 0) is 4.79 Å². The van der Waals surface area contributed by atoms with E-state index < -0.39 is 6.10 Å². The van der Waals surface area contributed by atoms with E-state index in [2.05, 4.69) is 16.4 Å². The maximum Gasteiger partial charge on any atom is 0.280 e. The number of hydrogen-bond donors (Lipinski definition) is 1. The normalized spacial score (nSPS) is 11.6. The van der Waals surface area contributed by atoms with Crippen LogP contribution in [0.5, 0.6) is 11.5 Å². The van der Waals surface area contributed by atoms with Gasteiger partial charge >= 0.3 is 0 Å². The first-order chi connectivity index (χ1) is 12.1. The highest BCUT2D eigenvalue weighted by atomic mass is 35.5. The van der Waals surface area contributed by atoms with Gasteiger partial charge in [-0.15, -0.1) is 6.42 Å². The number of terminal acetylenes is 1. The molecule has 0 saturated heterocycles. The minimum atomic E-state index is -0.716. The summed E-state index contributed by atoms with van der Waals surface area (Å²) in [6.07, 6.45) is 5.95. The minimum absolute atomic E-state index is 0.156. The van der Waals surface area contributed by atoms with Crippen molar-refractivity contribution in [3.05, 3.63) is 59.1 Å². The third-order valence-corrected chi connectivity index (χ3v) is 3.36. The van der Waals surface area contributed by atoms with Gasteiger partial charge in [0.15, 0.2) is 6.10 Å². The molecular formula is C19H17ClN2O3. The Labute approximate surface area is 151 Å². The van der Waals surface area contributed by atoms with E-state index in [0.717, 1.165) is 0 Å². The maximum atomic E-state index is 12.0. The lowest BCUT2D eigenvalue weighted by Crippen LogP contribution is -2.33. The fourth-order valence-corrected chi connectivity index (χ4v) is 1.99. The SMILES string of the molecule is C#CCOc1ccccc1/C=N/NC(=O)C(C)Oc1ccc(Cl)cc1. The zero-order valence-electron chi connectivity index (χ0n) is 13.6. The first kappa shape index (κ1) is 18.4. The van der Waals surface area contributed by atoms with Crippen molar-refractivity contribution >= 4 is 23.7 Å². The van der Waals surface area contributed by atoms with Gasteiger partial charge in [-0.2, -0.15) is 5.10 Å². The number of para-hydroxylation sites is 1. The minimum Gasteiger partial charge on any atom is -0.481 e. The quantitative estimate of drug-likeness (QED) is 0.470. The average Bonchev–Trinajstić information content (AvgIpc) is 2.62. The third-order valence-electron chi connectivity index (χ3n) is 3.10. The summed E-state index contributed by atoms with van der Waals surface area (Å²) < 4.78 is 10.9. The fraction of sp³-hybridized carbons (Fsp3) is 0.158. The second-order valence-corrected chi connectivity index (χ2v) is 5.42. The Balaban J connectivity index is 1.91. The first-order valence-electron chi connectivity index (χ1n) is 7.50. The monoisotopic (exact) mass is 356 g/mol. The van der Waals surface area contributed by atoms with Gasteiger partial charge in [-0.3, -0.25) is 4.79 Å². The third kappa shape index (κ3) is 5.87. The van der Waals surface area contributed by atoms with Gasteiger partial charge in [-0.1, -0.05) is 29.7 Å². The molecule has 1 unspecified atom stereocenters. The molecule has 0 aliphatic heterocycles. The largest absolute Gasteiger partial charge is 0.481 e. The Kier molecular flexibility index (Phi) is 6.87. The van der Waals surface area contributed by atoms with Crippen molar-refractivity contribution in [2.45, 2.75) is 13.0 Å². The van der Waals surface area contributed by atoms with E-state index in [1.807, 2.05) is 12.1 Å². The van der Waals surface area contributed by atoms with Gasteiger partial charge < -0.3 is 9.47 Å². The van der Waals surface area contributed by atoms with E-state index in [1.165, 1.54) is 6.21 Å². The lowest BCUT2D eigenvalue weighted by Gasteiger charge is -2.12. The molecule has 0 aliphatic carbocycles. The second kappa shape index (κ2) is 9.36. The molecule has 6 heteroatoms. The summed E-state index contributed by atoms with van der Waals surface area (Å²) in [7, 11) is 0. The van der Waals surface area contributed by atoms with E-state index >= 15 is 0 Å². The zero-order chi connectivity index (χ0) is 18.1. The van der Waals surface area contributed by atoms with Crippen LogP contribution in [0.3, 0.4) is 0 Å². The van der Waals surface area contributed by atoms with E-state index in [9.17, 15) is 4.79 Å². The van der Waals surface area contributed by atoms with Gasteiger partial charge in [-0.25, -0.2) is 5.43 Å². The highest BCUT2D eigenvalue weighted by Crippen LogP contribution is 2.17. The smallest absolute Gasteiger partial charge is 0.280 e. The van der Waals surface area contributed by atoms with Crippen molar-refractivity contribution < 1.29 is 14.3 Å². The number of carbonyl (C=O) groups excluding carboxylic acids is 1.